The molecule has 0 aliphatic carbocycles. The summed E-state index contributed by atoms with van der Waals surface area (Å²) in [5.74, 6) is -1.09. The van der Waals surface area contributed by atoms with Crippen LogP contribution in [0.25, 0.3) is 0 Å². The maximum Gasteiger partial charge on any atom is 0.330 e. The second kappa shape index (κ2) is 7.61. The number of hydrogen-bond acceptors (Lipinski definition) is 5. The molecule has 2 aromatic rings. The summed E-state index contributed by atoms with van der Waals surface area (Å²) in [7, 11) is 0. The Kier molecular flexibility index (Phi) is 5.48. The normalized spacial score (nSPS) is 23.1. The van der Waals surface area contributed by atoms with Crippen molar-refractivity contribution in [2.45, 2.75) is 31.5 Å². The number of rotatable bonds is 5. The number of aliphatic hydroxyl groups excluding tert-OH is 1. The largest absolute Gasteiger partial charge is 0.390 e. The lowest BCUT2D eigenvalue weighted by Crippen LogP contribution is -2.34. The molecule has 0 bridgehead atoms. The van der Waals surface area contributed by atoms with Crippen LogP contribution < -0.4 is 11.2 Å². The van der Waals surface area contributed by atoms with E-state index in [9.17, 15) is 19.1 Å². The molecule has 7 nitrogen and oxygen atoms in total. The summed E-state index contributed by atoms with van der Waals surface area (Å²) in [6.45, 7) is 0.436. The van der Waals surface area contributed by atoms with Gasteiger partial charge < -0.3 is 14.6 Å². The number of hydrogen-bond donors (Lipinski definition) is 2. The molecule has 0 amide bonds. The molecule has 3 rings (SSSR count). The van der Waals surface area contributed by atoms with Gasteiger partial charge in [0.1, 0.15) is 12.3 Å². The van der Waals surface area contributed by atoms with Gasteiger partial charge in [0.15, 0.2) is 0 Å². The van der Waals surface area contributed by atoms with Gasteiger partial charge in [-0.05, 0) is 11.6 Å². The van der Waals surface area contributed by atoms with Gasteiger partial charge in [-0.1, -0.05) is 34.1 Å². The Balaban J connectivity index is 1.62. The van der Waals surface area contributed by atoms with Gasteiger partial charge >= 0.3 is 5.69 Å². The standard InChI is InChI=1S/C16H16BrFN2O5/c17-10-4-2-1-3-9(10)7-24-8-13-12(21)5-14(25-13)20-6-11(18)15(22)19-16(20)23/h1-4,6,12-14,21H,5,7-8H2,(H,19,22,23)/t12-,13+,14+/m0/s1. The Labute approximate surface area is 150 Å². The zero-order valence-corrected chi connectivity index (χ0v) is 14.6. The van der Waals surface area contributed by atoms with Crippen molar-refractivity contribution >= 4 is 15.9 Å². The average molecular weight is 415 g/mol. The van der Waals surface area contributed by atoms with E-state index >= 15 is 0 Å². The van der Waals surface area contributed by atoms with Crippen LogP contribution >= 0.6 is 15.9 Å². The number of aliphatic hydroxyl groups is 1. The predicted molar refractivity (Wildman–Crippen MR) is 89.6 cm³/mol. The van der Waals surface area contributed by atoms with Crippen molar-refractivity contribution in [3.05, 3.63) is 67.2 Å². The van der Waals surface area contributed by atoms with Crippen molar-refractivity contribution in [1.82, 2.24) is 9.55 Å². The van der Waals surface area contributed by atoms with E-state index in [2.05, 4.69) is 15.9 Å². The van der Waals surface area contributed by atoms with Crippen LogP contribution in [0.5, 0.6) is 0 Å². The van der Waals surface area contributed by atoms with Crippen LogP contribution in [0.4, 0.5) is 4.39 Å². The zero-order chi connectivity index (χ0) is 18.0. The maximum absolute atomic E-state index is 13.4. The number of ether oxygens (including phenoxy) is 2. The van der Waals surface area contributed by atoms with Crippen LogP contribution in [0.3, 0.4) is 0 Å². The third-order valence-corrected chi connectivity index (χ3v) is 4.71. The summed E-state index contributed by atoms with van der Waals surface area (Å²) in [5.41, 5.74) is -0.933. The highest BCUT2D eigenvalue weighted by Gasteiger charge is 2.35. The summed E-state index contributed by atoms with van der Waals surface area (Å²) in [5, 5.41) is 10.1. The molecule has 2 heterocycles. The van der Waals surface area contributed by atoms with Crippen molar-refractivity contribution in [2.24, 2.45) is 0 Å². The molecule has 0 saturated carbocycles. The lowest BCUT2D eigenvalue weighted by molar-refractivity contribution is -0.0670. The summed E-state index contributed by atoms with van der Waals surface area (Å²) in [6, 6.07) is 7.58. The Morgan fingerprint density at radius 2 is 2.16 bits per heavy atom. The molecule has 1 saturated heterocycles. The summed E-state index contributed by atoms with van der Waals surface area (Å²) < 4.78 is 26.4. The number of aromatic amines is 1. The average Bonchev–Trinajstić information content (AvgIpc) is 2.93. The molecule has 2 N–H and O–H groups in total. The Hall–Kier alpha value is -1.81. The van der Waals surface area contributed by atoms with E-state index in [1.807, 2.05) is 29.2 Å². The van der Waals surface area contributed by atoms with E-state index in [1.54, 1.807) is 0 Å². The second-order valence-corrected chi connectivity index (χ2v) is 6.54. The summed E-state index contributed by atoms with van der Waals surface area (Å²) in [6.07, 6.45) is -1.52. The quantitative estimate of drug-likeness (QED) is 0.768. The fraction of sp³-hybridized carbons (Fsp3) is 0.375. The molecule has 134 valence electrons. The van der Waals surface area contributed by atoms with Gasteiger partial charge in [0.05, 0.1) is 25.5 Å². The van der Waals surface area contributed by atoms with Crippen molar-refractivity contribution in [1.29, 1.82) is 0 Å². The van der Waals surface area contributed by atoms with E-state index in [1.165, 1.54) is 0 Å². The number of nitrogens with one attached hydrogen (secondary N) is 1. The highest BCUT2D eigenvalue weighted by Crippen LogP contribution is 2.28. The first kappa shape index (κ1) is 18.0. The lowest BCUT2D eigenvalue weighted by Gasteiger charge is -2.16. The van der Waals surface area contributed by atoms with E-state index in [4.69, 9.17) is 9.47 Å². The Morgan fingerprint density at radius 1 is 1.40 bits per heavy atom. The topological polar surface area (TPSA) is 93.6 Å². The van der Waals surface area contributed by atoms with Gasteiger partial charge in [-0.25, -0.2) is 4.79 Å². The lowest BCUT2D eigenvalue weighted by atomic mass is 10.2. The molecule has 0 radical (unpaired) electrons. The molecule has 1 aliphatic rings. The van der Waals surface area contributed by atoms with Gasteiger partial charge in [0.25, 0.3) is 5.56 Å². The predicted octanol–water partition coefficient (Wildman–Crippen LogP) is 1.30. The van der Waals surface area contributed by atoms with E-state index in [0.717, 1.165) is 20.8 Å². The van der Waals surface area contributed by atoms with Gasteiger partial charge in [-0.2, -0.15) is 4.39 Å². The first-order valence-electron chi connectivity index (χ1n) is 7.61. The number of halogens is 2. The first-order valence-corrected chi connectivity index (χ1v) is 8.40. The van der Waals surface area contributed by atoms with Crippen LogP contribution in [0, 0.1) is 5.82 Å². The molecule has 1 aromatic heterocycles. The minimum atomic E-state index is -1.09. The number of aromatic nitrogens is 2. The minimum Gasteiger partial charge on any atom is -0.390 e. The van der Waals surface area contributed by atoms with Crippen molar-refractivity contribution < 1.29 is 19.0 Å². The summed E-state index contributed by atoms with van der Waals surface area (Å²) in [4.78, 5) is 24.7. The zero-order valence-electron chi connectivity index (χ0n) is 13.0. The Bertz CT molecular complexity index is 868. The van der Waals surface area contributed by atoms with Crippen molar-refractivity contribution in [3.8, 4) is 0 Å². The van der Waals surface area contributed by atoms with Crippen LogP contribution in [0.2, 0.25) is 0 Å². The van der Waals surface area contributed by atoms with Crippen molar-refractivity contribution in [3.63, 3.8) is 0 Å². The first-order chi connectivity index (χ1) is 12.0. The van der Waals surface area contributed by atoms with Crippen molar-refractivity contribution in [2.75, 3.05) is 6.61 Å². The van der Waals surface area contributed by atoms with E-state index in [0.29, 0.717) is 6.61 Å². The number of benzene rings is 1. The van der Waals surface area contributed by atoms with Crippen LogP contribution in [-0.2, 0) is 16.1 Å². The molecule has 1 aliphatic heterocycles. The Morgan fingerprint density at radius 3 is 2.92 bits per heavy atom. The SMILES string of the molecule is O=c1[nH]c(=O)n([C@H]2C[C@H](O)[C@@H](COCc3ccccc3Br)O2)cc1F. The van der Waals surface area contributed by atoms with Crippen LogP contribution in [0.1, 0.15) is 18.2 Å². The number of H-pyrrole nitrogens is 1. The minimum absolute atomic E-state index is 0.0917. The molecule has 9 heteroatoms. The highest BCUT2D eigenvalue weighted by molar-refractivity contribution is 9.10. The third kappa shape index (κ3) is 4.06. The molecular formula is C16H16BrFN2O5. The number of nitrogens with zero attached hydrogens (tertiary/aromatic N) is 1. The van der Waals surface area contributed by atoms with Gasteiger partial charge in [-0.15, -0.1) is 0 Å². The molecule has 1 aromatic carbocycles. The summed E-state index contributed by atoms with van der Waals surface area (Å²) >= 11 is 3.42. The van der Waals surface area contributed by atoms with Gasteiger partial charge in [0, 0.05) is 10.9 Å². The molecule has 25 heavy (non-hydrogen) atoms. The molecule has 1 fully saturated rings. The molecule has 0 unspecified atom stereocenters. The smallest absolute Gasteiger partial charge is 0.330 e. The molecular weight excluding hydrogens is 399 g/mol. The van der Waals surface area contributed by atoms with E-state index in [-0.39, 0.29) is 13.0 Å². The highest BCUT2D eigenvalue weighted by atomic mass is 79.9. The fourth-order valence-corrected chi connectivity index (χ4v) is 3.01. The fourth-order valence-electron chi connectivity index (χ4n) is 2.61. The van der Waals surface area contributed by atoms with E-state index < -0.39 is 35.5 Å². The maximum atomic E-state index is 13.4. The molecule has 0 spiro atoms. The van der Waals surface area contributed by atoms with Crippen LogP contribution in [-0.4, -0.2) is 33.5 Å². The monoisotopic (exact) mass is 414 g/mol. The molecule has 3 atom stereocenters. The second-order valence-electron chi connectivity index (χ2n) is 5.68. The van der Waals surface area contributed by atoms with Gasteiger partial charge in [0.2, 0.25) is 5.82 Å². The third-order valence-electron chi connectivity index (χ3n) is 3.94. The van der Waals surface area contributed by atoms with Crippen LogP contribution in [0.15, 0.2) is 44.5 Å². The van der Waals surface area contributed by atoms with Gasteiger partial charge in [-0.3, -0.25) is 14.3 Å².